The van der Waals surface area contributed by atoms with Gasteiger partial charge in [-0.1, -0.05) is 0 Å². The Hall–Kier alpha value is -0.910. The van der Waals surface area contributed by atoms with Crippen LogP contribution in [0.1, 0.15) is 25.7 Å². The molecule has 0 saturated carbocycles. The van der Waals surface area contributed by atoms with Crippen molar-refractivity contribution < 1.29 is 33.8 Å². The Kier molecular flexibility index (Phi) is 6.25. The van der Waals surface area contributed by atoms with Crippen LogP contribution in [0.15, 0.2) is 0 Å². The molecule has 2 atom stereocenters. The van der Waals surface area contributed by atoms with Gasteiger partial charge in [0.2, 0.25) is 0 Å². The van der Waals surface area contributed by atoms with E-state index in [1.54, 1.807) is 0 Å². The molecule has 16 heavy (non-hydrogen) atoms. The SMILES string of the molecule is CP(=O)(O)OC(CCCCC(=O)O)C(=O)O. The average molecular weight is 254 g/mol. The summed E-state index contributed by atoms with van der Waals surface area (Å²) >= 11 is 0. The number of rotatable bonds is 8. The van der Waals surface area contributed by atoms with Crippen LogP contribution < -0.4 is 0 Å². The first-order chi connectivity index (χ1) is 7.22. The third-order valence-electron chi connectivity index (χ3n) is 1.71. The molecule has 7 nitrogen and oxygen atoms in total. The number of carbonyl (C=O) groups is 2. The Labute approximate surface area is 92.6 Å². The van der Waals surface area contributed by atoms with E-state index in [-0.39, 0.29) is 12.8 Å². The fourth-order valence-electron chi connectivity index (χ4n) is 1.06. The third kappa shape index (κ3) is 8.40. The van der Waals surface area contributed by atoms with Crippen molar-refractivity contribution in [2.24, 2.45) is 0 Å². The lowest BCUT2D eigenvalue weighted by Crippen LogP contribution is -2.22. The second-order valence-corrected chi connectivity index (χ2v) is 5.19. The fraction of sp³-hybridized carbons (Fsp3) is 0.750. The molecule has 0 spiro atoms. The Morgan fingerprint density at radius 2 is 1.88 bits per heavy atom. The smallest absolute Gasteiger partial charge is 0.333 e. The summed E-state index contributed by atoms with van der Waals surface area (Å²) in [5, 5.41) is 17.0. The Morgan fingerprint density at radius 1 is 1.31 bits per heavy atom. The molecule has 0 aromatic heterocycles. The highest BCUT2D eigenvalue weighted by atomic mass is 31.2. The van der Waals surface area contributed by atoms with Gasteiger partial charge in [-0.15, -0.1) is 0 Å². The molecule has 0 fully saturated rings. The van der Waals surface area contributed by atoms with Gasteiger partial charge in [0.05, 0.1) is 0 Å². The second-order valence-electron chi connectivity index (χ2n) is 3.37. The Morgan fingerprint density at radius 3 is 2.25 bits per heavy atom. The second kappa shape index (κ2) is 6.62. The normalized spacial score (nSPS) is 16.4. The standard InChI is InChI=1S/C8H15O7P/c1-16(13,14)15-6(8(11)12)4-2-3-5-7(9)10/h6H,2-5H2,1H3,(H,9,10)(H,11,12)(H,13,14). The van der Waals surface area contributed by atoms with Crippen LogP contribution in [0, 0.1) is 0 Å². The highest BCUT2D eigenvalue weighted by molar-refractivity contribution is 7.51. The lowest BCUT2D eigenvalue weighted by molar-refractivity contribution is -0.145. The molecule has 0 radical (unpaired) electrons. The average Bonchev–Trinajstić information content (AvgIpc) is 2.07. The molecule has 3 N–H and O–H groups in total. The molecule has 0 saturated heterocycles. The summed E-state index contributed by atoms with van der Waals surface area (Å²) in [5.74, 6) is -2.29. The van der Waals surface area contributed by atoms with Crippen molar-refractivity contribution in [3.8, 4) is 0 Å². The predicted molar refractivity (Wildman–Crippen MR) is 54.4 cm³/mol. The maximum absolute atomic E-state index is 10.8. The maximum atomic E-state index is 10.8. The summed E-state index contributed by atoms with van der Waals surface area (Å²) in [4.78, 5) is 29.7. The van der Waals surface area contributed by atoms with Crippen molar-refractivity contribution in [2.45, 2.75) is 31.8 Å². The van der Waals surface area contributed by atoms with Crippen LogP contribution in [-0.4, -0.2) is 39.8 Å². The van der Waals surface area contributed by atoms with Gasteiger partial charge in [0, 0.05) is 13.1 Å². The largest absolute Gasteiger partial charge is 0.481 e. The number of hydrogen-bond donors (Lipinski definition) is 3. The van der Waals surface area contributed by atoms with Gasteiger partial charge in [-0.25, -0.2) is 4.79 Å². The van der Waals surface area contributed by atoms with Gasteiger partial charge in [-0.3, -0.25) is 13.9 Å². The topological polar surface area (TPSA) is 121 Å². The zero-order valence-corrected chi connectivity index (χ0v) is 9.72. The molecule has 0 rings (SSSR count). The number of hydrogen-bond acceptors (Lipinski definition) is 4. The van der Waals surface area contributed by atoms with E-state index in [2.05, 4.69) is 4.52 Å². The highest BCUT2D eigenvalue weighted by Gasteiger charge is 2.25. The molecule has 8 heteroatoms. The van der Waals surface area contributed by atoms with Gasteiger partial charge in [0.1, 0.15) is 0 Å². The molecule has 0 aliphatic rings. The lowest BCUT2D eigenvalue weighted by atomic mass is 10.1. The zero-order valence-electron chi connectivity index (χ0n) is 8.83. The van der Waals surface area contributed by atoms with Crippen molar-refractivity contribution in [3.05, 3.63) is 0 Å². The van der Waals surface area contributed by atoms with E-state index in [1.807, 2.05) is 0 Å². The van der Waals surface area contributed by atoms with Gasteiger partial charge in [-0.05, 0) is 19.3 Å². The maximum Gasteiger partial charge on any atom is 0.333 e. The van der Waals surface area contributed by atoms with E-state index in [9.17, 15) is 14.2 Å². The quantitative estimate of drug-likeness (QED) is 0.434. The predicted octanol–water partition coefficient (Wildman–Crippen LogP) is 0.916. The van der Waals surface area contributed by atoms with Crippen LogP contribution in [0.4, 0.5) is 0 Å². The highest BCUT2D eigenvalue weighted by Crippen LogP contribution is 2.39. The first kappa shape index (κ1) is 15.1. The van der Waals surface area contributed by atoms with Crippen LogP contribution in [0.2, 0.25) is 0 Å². The molecule has 94 valence electrons. The fourth-order valence-corrected chi connectivity index (χ4v) is 1.73. The number of aliphatic carboxylic acids is 2. The molecule has 0 aromatic rings. The minimum absolute atomic E-state index is 0.0149. The van der Waals surface area contributed by atoms with E-state index in [1.165, 1.54) is 0 Å². The molecule has 0 aliphatic carbocycles. The van der Waals surface area contributed by atoms with Crippen LogP contribution in [-0.2, 0) is 18.7 Å². The lowest BCUT2D eigenvalue weighted by Gasteiger charge is -2.14. The van der Waals surface area contributed by atoms with E-state index in [4.69, 9.17) is 15.1 Å². The van der Waals surface area contributed by atoms with Gasteiger partial charge in [0.25, 0.3) is 0 Å². The minimum Gasteiger partial charge on any atom is -0.481 e. The zero-order chi connectivity index (χ0) is 12.8. The monoisotopic (exact) mass is 254 g/mol. The third-order valence-corrected chi connectivity index (χ3v) is 2.35. The Balaban J connectivity index is 4.01. The van der Waals surface area contributed by atoms with Gasteiger partial charge >= 0.3 is 19.5 Å². The van der Waals surface area contributed by atoms with Crippen molar-refractivity contribution in [3.63, 3.8) is 0 Å². The van der Waals surface area contributed by atoms with Gasteiger partial charge < -0.3 is 15.1 Å². The molecule has 0 aliphatic heterocycles. The summed E-state index contributed by atoms with van der Waals surface area (Å²) in [6, 6.07) is 0. The van der Waals surface area contributed by atoms with Crippen molar-refractivity contribution in [1.29, 1.82) is 0 Å². The van der Waals surface area contributed by atoms with E-state index < -0.39 is 25.6 Å². The van der Waals surface area contributed by atoms with Crippen molar-refractivity contribution >= 4 is 19.5 Å². The molecular formula is C8H15O7P. The first-order valence-electron chi connectivity index (χ1n) is 4.65. The van der Waals surface area contributed by atoms with Crippen LogP contribution in [0.25, 0.3) is 0 Å². The summed E-state index contributed by atoms with van der Waals surface area (Å²) in [5.41, 5.74) is 0. The summed E-state index contributed by atoms with van der Waals surface area (Å²) in [6.45, 7) is 0.903. The molecular weight excluding hydrogens is 239 g/mol. The Bertz CT molecular complexity index is 295. The summed E-state index contributed by atoms with van der Waals surface area (Å²) < 4.78 is 15.3. The molecule has 0 amide bonds. The molecule has 2 unspecified atom stereocenters. The minimum atomic E-state index is -3.84. The first-order valence-corrected chi connectivity index (χ1v) is 6.68. The van der Waals surface area contributed by atoms with Crippen LogP contribution >= 0.6 is 7.60 Å². The number of carboxylic acids is 2. The van der Waals surface area contributed by atoms with E-state index in [0.29, 0.717) is 12.8 Å². The van der Waals surface area contributed by atoms with E-state index >= 15 is 0 Å². The molecule has 0 aromatic carbocycles. The number of unbranched alkanes of at least 4 members (excludes halogenated alkanes) is 1. The summed E-state index contributed by atoms with van der Waals surface area (Å²) in [7, 11) is -3.84. The molecule has 0 heterocycles. The van der Waals surface area contributed by atoms with Crippen LogP contribution in [0.5, 0.6) is 0 Å². The van der Waals surface area contributed by atoms with Gasteiger partial charge in [-0.2, -0.15) is 0 Å². The molecule has 0 bridgehead atoms. The van der Waals surface area contributed by atoms with Gasteiger partial charge in [0.15, 0.2) is 6.10 Å². The summed E-state index contributed by atoms with van der Waals surface area (Å²) in [6.07, 6.45) is -0.795. The van der Waals surface area contributed by atoms with Crippen molar-refractivity contribution in [2.75, 3.05) is 6.66 Å². The van der Waals surface area contributed by atoms with E-state index in [0.717, 1.165) is 6.66 Å². The number of carboxylic acid groups (broad SMARTS) is 2. The van der Waals surface area contributed by atoms with Crippen molar-refractivity contribution in [1.82, 2.24) is 0 Å². The van der Waals surface area contributed by atoms with Crippen LogP contribution in [0.3, 0.4) is 0 Å².